The van der Waals surface area contributed by atoms with E-state index in [0.717, 1.165) is 11.5 Å². The van der Waals surface area contributed by atoms with Crippen LogP contribution in [0.5, 0.6) is 0 Å². The average molecular weight is 260 g/mol. The summed E-state index contributed by atoms with van der Waals surface area (Å²) >= 11 is 0. The van der Waals surface area contributed by atoms with E-state index in [-0.39, 0.29) is 0 Å². The van der Waals surface area contributed by atoms with Crippen LogP contribution in [0.25, 0.3) is 0 Å². The van der Waals surface area contributed by atoms with Gasteiger partial charge in [0.2, 0.25) is 0 Å². The average Bonchev–Trinajstić information content (AvgIpc) is 2.82. The molecular weight excluding hydrogens is 244 g/mol. The van der Waals surface area contributed by atoms with E-state index >= 15 is 0 Å². The molecule has 0 aliphatic rings. The van der Waals surface area contributed by atoms with Gasteiger partial charge in [0, 0.05) is 0 Å². The Kier molecular flexibility index (Phi) is 3.75. The highest BCUT2D eigenvalue weighted by Crippen LogP contribution is 2.25. The van der Waals surface area contributed by atoms with E-state index in [2.05, 4.69) is 5.32 Å². The fourth-order valence-corrected chi connectivity index (χ4v) is 1.80. The van der Waals surface area contributed by atoms with Crippen molar-refractivity contribution in [2.45, 2.75) is 13.5 Å². The first-order chi connectivity index (χ1) is 9.11. The molecule has 0 saturated heterocycles. The van der Waals surface area contributed by atoms with Gasteiger partial charge in [0.05, 0.1) is 30.6 Å². The van der Waals surface area contributed by atoms with Crippen molar-refractivity contribution in [3.05, 3.63) is 47.4 Å². The van der Waals surface area contributed by atoms with E-state index in [1.807, 2.05) is 19.1 Å². The predicted molar refractivity (Wildman–Crippen MR) is 73.0 cm³/mol. The van der Waals surface area contributed by atoms with Crippen LogP contribution in [0.1, 0.15) is 21.9 Å². The first-order valence-electron chi connectivity index (χ1n) is 5.88. The van der Waals surface area contributed by atoms with Gasteiger partial charge in [0.1, 0.15) is 11.5 Å². The van der Waals surface area contributed by atoms with Crippen molar-refractivity contribution in [1.82, 2.24) is 0 Å². The number of nitrogens with two attached hydrogens (primary N) is 1. The van der Waals surface area contributed by atoms with Crippen LogP contribution in [-0.4, -0.2) is 13.1 Å². The molecule has 1 heterocycles. The first-order valence-corrected chi connectivity index (χ1v) is 5.88. The molecule has 0 atom stereocenters. The molecule has 5 nitrogen and oxygen atoms in total. The maximum absolute atomic E-state index is 11.7. The zero-order chi connectivity index (χ0) is 13.8. The van der Waals surface area contributed by atoms with Crippen LogP contribution in [0.3, 0.4) is 0 Å². The van der Waals surface area contributed by atoms with Crippen molar-refractivity contribution in [3.8, 4) is 0 Å². The van der Waals surface area contributed by atoms with Gasteiger partial charge in [-0.05, 0) is 31.2 Å². The smallest absolute Gasteiger partial charge is 0.340 e. The number of carbonyl (C=O) groups is 1. The van der Waals surface area contributed by atoms with Crippen molar-refractivity contribution >= 4 is 17.3 Å². The summed E-state index contributed by atoms with van der Waals surface area (Å²) in [6.45, 7) is 2.33. The Morgan fingerprint density at radius 3 is 2.79 bits per heavy atom. The summed E-state index contributed by atoms with van der Waals surface area (Å²) in [7, 11) is 1.34. The van der Waals surface area contributed by atoms with Gasteiger partial charge in [-0.25, -0.2) is 4.79 Å². The van der Waals surface area contributed by atoms with E-state index in [1.54, 1.807) is 18.2 Å². The fraction of sp³-hybridized carbons (Fsp3) is 0.214. The van der Waals surface area contributed by atoms with Crippen molar-refractivity contribution in [2.24, 2.45) is 0 Å². The van der Waals surface area contributed by atoms with Crippen LogP contribution in [-0.2, 0) is 11.3 Å². The Morgan fingerprint density at radius 1 is 1.37 bits per heavy atom. The maximum Gasteiger partial charge on any atom is 0.340 e. The second-order valence-electron chi connectivity index (χ2n) is 4.13. The van der Waals surface area contributed by atoms with Gasteiger partial charge in [-0.1, -0.05) is 6.07 Å². The molecule has 0 aliphatic carbocycles. The number of nitrogen functional groups attached to an aromatic ring is 1. The van der Waals surface area contributed by atoms with Gasteiger partial charge in [-0.3, -0.25) is 0 Å². The molecule has 0 bridgehead atoms. The molecule has 0 saturated carbocycles. The Bertz CT molecular complexity index is 590. The normalized spacial score (nSPS) is 10.2. The quantitative estimate of drug-likeness (QED) is 0.652. The molecule has 2 rings (SSSR count). The Morgan fingerprint density at radius 2 is 2.16 bits per heavy atom. The maximum atomic E-state index is 11.7. The summed E-state index contributed by atoms with van der Waals surface area (Å²) in [4.78, 5) is 11.7. The lowest BCUT2D eigenvalue weighted by Gasteiger charge is -2.12. The molecule has 1 aromatic carbocycles. The molecule has 3 N–H and O–H groups in total. The molecule has 1 aromatic heterocycles. The monoisotopic (exact) mass is 260 g/mol. The number of benzene rings is 1. The number of ether oxygens (including phenoxy) is 1. The minimum absolute atomic E-state index is 0.408. The van der Waals surface area contributed by atoms with Gasteiger partial charge in [-0.2, -0.15) is 0 Å². The summed E-state index contributed by atoms with van der Waals surface area (Å²) in [5.41, 5.74) is 7.34. The van der Waals surface area contributed by atoms with Crippen LogP contribution in [0, 0.1) is 6.92 Å². The van der Waals surface area contributed by atoms with Gasteiger partial charge < -0.3 is 20.2 Å². The summed E-state index contributed by atoms with van der Waals surface area (Å²) in [5, 5.41) is 3.11. The molecule has 100 valence electrons. The molecule has 0 unspecified atom stereocenters. The number of nitrogens with one attached hydrogen (secondary N) is 1. The lowest BCUT2D eigenvalue weighted by Crippen LogP contribution is -2.10. The number of rotatable bonds is 4. The van der Waals surface area contributed by atoms with Gasteiger partial charge in [0.25, 0.3) is 0 Å². The van der Waals surface area contributed by atoms with E-state index in [1.165, 1.54) is 7.11 Å². The number of aryl methyl sites for hydroxylation is 1. The molecule has 5 heteroatoms. The Hall–Kier alpha value is -2.43. The van der Waals surface area contributed by atoms with Crippen LogP contribution in [0.15, 0.2) is 34.7 Å². The van der Waals surface area contributed by atoms with Gasteiger partial charge in [-0.15, -0.1) is 0 Å². The van der Waals surface area contributed by atoms with Crippen LogP contribution in [0.4, 0.5) is 11.4 Å². The summed E-state index contributed by atoms with van der Waals surface area (Å²) in [6.07, 6.45) is 0. The minimum Gasteiger partial charge on any atom is -0.465 e. The topological polar surface area (TPSA) is 77.5 Å². The van der Waals surface area contributed by atoms with Crippen molar-refractivity contribution in [3.63, 3.8) is 0 Å². The molecule has 0 radical (unpaired) electrons. The van der Waals surface area contributed by atoms with Crippen LogP contribution in [0.2, 0.25) is 0 Å². The number of methoxy groups -OCH3 is 1. The van der Waals surface area contributed by atoms with Crippen molar-refractivity contribution in [2.75, 3.05) is 18.2 Å². The highest BCUT2D eigenvalue weighted by atomic mass is 16.5. The number of hydrogen-bond donors (Lipinski definition) is 2. The van der Waals surface area contributed by atoms with Crippen molar-refractivity contribution in [1.29, 1.82) is 0 Å². The highest BCUT2D eigenvalue weighted by molar-refractivity contribution is 5.98. The van der Waals surface area contributed by atoms with E-state index in [9.17, 15) is 4.79 Å². The fourth-order valence-electron chi connectivity index (χ4n) is 1.80. The van der Waals surface area contributed by atoms with Gasteiger partial charge in [0.15, 0.2) is 0 Å². The molecular formula is C14H16N2O3. The summed E-state index contributed by atoms with van der Waals surface area (Å²) < 4.78 is 10.2. The molecule has 19 heavy (non-hydrogen) atoms. The number of anilines is 2. The zero-order valence-electron chi connectivity index (χ0n) is 10.9. The third-order valence-corrected chi connectivity index (χ3v) is 2.74. The predicted octanol–water partition coefficient (Wildman–Crippen LogP) is 2.57. The van der Waals surface area contributed by atoms with Crippen molar-refractivity contribution < 1.29 is 13.9 Å². The van der Waals surface area contributed by atoms with Crippen LogP contribution < -0.4 is 11.1 Å². The second kappa shape index (κ2) is 5.48. The standard InChI is InChI=1S/C14H16N2O3/c1-9-6-7-10(19-9)8-16-13-11(14(17)18-2)4-3-5-12(13)15/h3-7,16H,8,15H2,1-2H3. The number of esters is 1. The number of hydrogen-bond acceptors (Lipinski definition) is 5. The number of para-hydroxylation sites is 1. The molecule has 0 fully saturated rings. The van der Waals surface area contributed by atoms with E-state index < -0.39 is 5.97 Å². The van der Waals surface area contributed by atoms with Gasteiger partial charge >= 0.3 is 5.97 Å². The third-order valence-electron chi connectivity index (χ3n) is 2.74. The zero-order valence-corrected chi connectivity index (χ0v) is 10.9. The minimum atomic E-state index is -0.426. The molecule has 0 amide bonds. The Balaban J connectivity index is 2.21. The van der Waals surface area contributed by atoms with Crippen LogP contribution >= 0.6 is 0 Å². The lowest BCUT2D eigenvalue weighted by atomic mass is 10.1. The second-order valence-corrected chi connectivity index (χ2v) is 4.13. The highest BCUT2D eigenvalue weighted by Gasteiger charge is 2.14. The van der Waals surface area contributed by atoms with E-state index in [0.29, 0.717) is 23.5 Å². The molecule has 0 aliphatic heterocycles. The summed E-state index contributed by atoms with van der Waals surface area (Å²) in [6, 6.07) is 8.86. The van der Waals surface area contributed by atoms with E-state index in [4.69, 9.17) is 14.9 Å². The first kappa shape index (κ1) is 13.0. The Labute approximate surface area is 111 Å². The molecule has 0 spiro atoms. The summed E-state index contributed by atoms with van der Waals surface area (Å²) in [5.74, 6) is 1.19. The molecule has 2 aromatic rings. The third kappa shape index (κ3) is 2.88. The SMILES string of the molecule is COC(=O)c1cccc(N)c1NCc1ccc(C)o1. The lowest BCUT2D eigenvalue weighted by molar-refractivity contribution is 0.0602. The largest absolute Gasteiger partial charge is 0.465 e. The number of furan rings is 1. The number of carbonyl (C=O) groups excluding carboxylic acids is 1.